The molecule has 2 aromatic rings. The molecule has 2 amide bonds. The molecule has 0 fully saturated rings. The van der Waals surface area contributed by atoms with Gasteiger partial charge in [-0.1, -0.05) is 28.1 Å². The van der Waals surface area contributed by atoms with Crippen LogP contribution in [0.15, 0.2) is 53.0 Å². The van der Waals surface area contributed by atoms with Crippen LogP contribution in [0.5, 0.6) is 5.75 Å². The number of rotatable bonds is 2. The highest BCUT2D eigenvalue weighted by Gasteiger charge is 2.14. The van der Waals surface area contributed by atoms with E-state index in [0.717, 1.165) is 4.47 Å². The molecule has 0 radical (unpaired) electrons. The Bertz CT molecular complexity index is 623. The molecule has 0 atom stereocenters. The van der Waals surface area contributed by atoms with Gasteiger partial charge in [0.15, 0.2) is 0 Å². The Labute approximate surface area is 118 Å². The van der Waals surface area contributed by atoms with Crippen LogP contribution in [0, 0.1) is 0 Å². The van der Waals surface area contributed by atoms with Crippen molar-refractivity contribution >= 4 is 27.7 Å². The highest BCUT2D eigenvalue weighted by Crippen LogP contribution is 2.15. The molecule has 2 rings (SSSR count). The van der Waals surface area contributed by atoms with E-state index in [1.165, 1.54) is 12.1 Å². The van der Waals surface area contributed by atoms with Crippen molar-refractivity contribution in [2.45, 2.75) is 0 Å². The quantitative estimate of drug-likeness (QED) is 0.836. The Morgan fingerprint density at radius 3 is 2.21 bits per heavy atom. The molecular formula is C14H10BrNO3. The van der Waals surface area contributed by atoms with Gasteiger partial charge in [0.2, 0.25) is 0 Å². The average molecular weight is 320 g/mol. The maximum absolute atomic E-state index is 11.8. The summed E-state index contributed by atoms with van der Waals surface area (Å²) in [5, 5.41) is 11.7. The molecule has 19 heavy (non-hydrogen) atoms. The largest absolute Gasteiger partial charge is 0.507 e. The second-order valence-corrected chi connectivity index (χ2v) is 4.72. The SMILES string of the molecule is O=C(NC(=O)c1ccccc1O)c1ccc(Br)cc1. The predicted octanol–water partition coefficient (Wildman–Crippen LogP) is 2.72. The molecule has 2 aromatic carbocycles. The van der Waals surface area contributed by atoms with Crippen LogP contribution >= 0.6 is 15.9 Å². The fourth-order valence-electron chi connectivity index (χ4n) is 1.51. The van der Waals surface area contributed by atoms with E-state index in [4.69, 9.17) is 0 Å². The van der Waals surface area contributed by atoms with Gasteiger partial charge in [0.1, 0.15) is 5.75 Å². The summed E-state index contributed by atoms with van der Waals surface area (Å²) in [5.41, 5.74) is 0.430. The molecule has 4 nitrogen and oxygen atoms in total. The third-order valence-corrected chi connectivity index (χ3v) is 3.01. The third kappa shape index (κ3) is 3.20. The van der Waals surface area contributed by atoms with E-state index in [9.17, 15) is 14.7 Å². The highest BCUT2D eigenvalue weighted by atomic mass is 79.9. The lowest BCUT2D eigenvalue weighted by Crippen LogP contribution is -2.30. The fraction of sp³-hybridized carbons (Fsp3) is 0. The Morgan fingerprint density at radius 2 is 1.58 bits per heavy atom. The van der Waals surface area contributed by atoms with Gasteiger partial charge in [0, 0.05) is 10.0 Å². The van der Waals surface area contributed by atoms with E-state index in [1.54, 1.807) is 36.4 Å². The smallest absolute Gasteiger partial charge is 0.261 e. The Morgan fingerprint density at radius 1 is 0.947 bits per heavy atom. The minimum atomic E-state index is -0.633. The molecule has 0 saturated heterocycles. The number of amides is 2. The first kappa shape index (κ1) is 13.3. The van der Waals surface area contributed by atoms with Crippen molar-refractivity contribution < 1.29 is 14.7 Å². The molecule has 0 bridgehead atoms. The van der Waals surface area contributed by atoms with Crippen molar-refractivity contribution in [3.63, 3.8) is 0 Å². The van der Waals surface area contributed by atoms with Crippen LogP contribution < -0.4 is 5.32 Å². The predicted molar refractivity (Wildman–Crippen MR) is 74.0 cm³/mol. The number of imide groups is 1. The van der Waals surface area contributed by atoms with Crippen molar-refractivity contribution in [3.8, 4) is 5.75 Å². The third-order valence-electron chi connectivity index (χ3n) is 2.48. The Balaban J connectivity index is 2.13. The first-order valence-electron chi connectivity index (χ1n) is 5.47. The normalized spacial score (nSPS) is 9.95. The fourth-order valence-corrected chi connectivity index (χ4v) is 1.77. The van der Waals surface area contributed by atoms with E-state index >= 15 is 0 Å². The zero-order chi connectivity index (χ0) is 13.8. The second-order valence-electron chi connectivity index (χ2n) is 3.81. The summed E-state index contributed by atoms with van der Waals surface area (Å²) in [6, 6.07) is 12.6. The lowest BCUT2D eigenvalue weighted by atomic mass is 10.1. The van der Waals surface area contributed by atoms with Crippen LogP contribution in [0.4, 0.5) is 0 Å². The minimum Gasteiger partial charge on any atom is -0.507 e. The van der Waals surface area contributed by atoms with Gasteiger partial charge >= 0.3 is 0 Å². The van der Waals surface area contributed by atoms with Crippen molar-refractivity contribution in [2.75, 3.05) is 0 Å². The zero-order valence-corrected chi connectivity index (χ0v) is 11.3. The van der Waals surface area contributed by atoms with Crippen LogP contribution in [0.1, 0.15) is 20.7 Å². The van der Waals surface area contributed by atoms with Crippen LogP contribution in [0.25, 0.3) is 0 Å². The van der Waals surface area contributed by atoms with Gasteiger partial charge in [-0.15, -0.1) is 0 Å². The number of aromatic hydroxyl groups is 1. The number of phenolic OH excluding ortho intramolecular Hbond substituents is 1. The number of benzene rings is 2. The number of halogens is 1. The van der Waals surface area contributed by atoms with E-state index in [1.807, 2.05) is 0 Å². The maximum Gasteiger partial charge on any atom is 0.261 e. The molecule has 0 aliphatic rings. The van der Waals surface area contributed by atoms with Crippen molar-refractivity contribution in [2.24, 2.45) is 0 Å². The standard InChI is InChI=1S/C14H10BrNO3/c15-10-7-5-9(6-8-10)13(18)16-14(19)11-3-1-2-4-12(11)17/h1-8,17H,(H,16,18,19). The molecule has 0 heterocycles. The highest BCUT2D eigenvalue weighted by molar-refractivity contribution is 9.10. The monoisotopic (exact) mass is 319 g/mol. The summed E-state index contributed by atoms with van der Waals surface area (Å²) < 4.78 is 0.844. The van der Waals surface area contributed by atoms with Gasteiger partial charge in [0.25, 0.3) is 11.8 Å². The number of para-hydroxylation sites is 1. The number of phenols is 1. The van der Waals surface area contributed by atoms with E-state index in [-0.39, 0.29) is 11.3 Å². The first-order chi connectivity index (χ1) is 9.08. The first-order valence-corrected chi connectivity index (χ1v) is 6.26. The van der Waals surface area contributed by atoms with Gasteiger partial charge in [-0.25, -0.2) is 0 Å². The van der Waals surface area contributed by atoms with Crippen LogP contribution in [0.3, 0.4) is 0 Å². The van der Waals surface area contributed by atoms with Gasteiger partial charge < -0.3 is 5.11 Å². The molecule has 96 valence electrons. The molecule has 5 heteroatoms. The molecule has 0 aromatic heterocycles. The number of hydrogen-bond acceptors (Lipinski definition) is 3. The Hall–Kier alpha value is -2.14. The molecule has 2 N–H and O–H groups in total. The number of hydrogen-bond donors (Lipinski definition) is 2. The van der Waals surface area contributed by atoms with Crippen molar-refractivity contribution in [1.29, 1.82) is 0 Å². The summed E-state index contributed by atoms with van der Waals surface area (Å²) in [7, 11) is 0. The minimum absolute atomic E-state index is 0.0629. The number of carbonyl (C=O) groups excluding carboxylic acids is 2. The van der Waals surface area contributed by atoms with E-state index in [0.29, 0.717) is 5.56 Å². The van der Waals surface area contributed by atoms with Gasteiger partial charge in [-0.2, -0.15) is 0 Å². The van der Waals surface area contributed by atoms with Gasteiger partial charge in [-0.05, 0) is 36.4 Å². The van der Waals surface area contributed by atoms with E-state index < -0.39 is 11.8 Å². The maximum atomic E-state index is 11.8. The molecular weight excluding hydrogens is 310 g/mol. The topological polar surface area (TPSA) is 66.4 Å². The Kier molecular flexibility index (Phi) is 3.97. The number of carbonyl (C=O) groups is 2. The summed E-state index contributed by atoms with van der Waals surface area (Å²) in [4.78, 5) is 23.6. The second kappa shape index (κ2) is 5.67. The van der Waals surface area contributed by atoms with Crippen molar-refractivity contribution in [3.05, 3.63) is 64.1 Å². The van der Waals surface area contributed by atoms with Crippen molar-refractivity contribution in [1.82, 2.24) is 5.32 Å². The van der Waals surface area contributed by atoms with E-state index in [2.05, 4.69) is 21.2 Å². The number of nitrogens with one attached hydrogen (secondary N) is 1. The molecule has 0 saturated carbocycles. The lowest BCUT2D eigenvalue weighted by molar-refractivity contribution is 0.0848. The van der Waals surface area contributed by atoms with Gasteiger partial charge in [0.05, 0.1) is 5.56 Å². The van der Waals surface area contributed by atoms with Crippen LogP contribution in [0.2, 0.25) is 0 Å². The lowest BCUT2D eigenvalue weighted by Gasteiger charge is -2.05. The summed E-state index contributed by atoms with van der Waals surface area (Å²) >= 11 is 3.26. The van der Waals surface area contributed by atoms with Crippen LogP contribution in [-0.2, 0) is 0 Å². The summed E-state index contributed by atoms with van der Waals surface area (Å²) in [6.45, 7) is 0. The summed E-state index contributed by atoms with van der Waals surface area (Å²) in [6.07, 6.45) is 0. The molecule has 0 aliphatic heterocycles. The summed E-state index contributed by atoms with van der Waals surface area (Å²) in [5.74, 6) is -1.31. The van der Waals surface area contributed by atoms with Gasteiger partial charge in [-0.3, -0.25) is 14.9 Å². The molecule has 0 unspecified atom stereocenters. The average Bonchev–Trinajstić information content (AvgIpc) is 2.39. The molecule has 0 aliphatic carbocycles. The molecule has 0 spiro atoms. The zero-order valence-electron chi connectivity index (χ0n) is 9.76. The van der Waals surface area contributed by atoms with Crippen LogP contribution in [-0.4, -0.2) is 16.9 Å².